The molecule has 0 fully saturated rings. The maximum atomic E-state index is 13.2. The summed E-state index contributed by atoms with van der Waals surface area (Å²) in [6.45, 7) is 1.42. The van der Waals surface area contributed by atoms with Crippen molar-refractivity contribution < 1.29 is 14.0 Å². The second-order valence-electron chi connectivity index (χ2n) is 5.77. The molecule has 142 valence electrons. The summed E-state index contributed by atoms with van der Waals surface area (Å²) in [7, 11) is 0. The Morgan fingerprint density at radius 3 is 2.32 bits per heavy atom. The van der Waals surface area contributed by atoms with Crippen LogP contribution in [0.15, 0.2) is 54.9 Å². The summed E-state index contributed by atoms with van der Waals surface area (Å²) < 4.78 is 13.2. The Kier molecular flexibility index (Phi) is 5.81. The predicted octanol–water partition coefficient (Wildman–Crippen LogP) is 4.22. The van der Waals surface area contributed by atoms with Crippen LogP contribution in [0.3, 0.4) is 0 Å². The minimum absolute atomic E-state index is 0.0879. The number of anilines is 4. The zero-order valence-corrected chi connectivity index (χ0v) is 15.4. The second kappa shape index (κ2) is 8.45. The maximum absolute atomic E-state index is 13.2. The molecule has 0 unspecified atom stereocenters. The van der Waals surface area contributed by atoms with Crippen LogP contribution in [0.1, 0.15) is 17.3 Å². The number of hydrogen-bond acceptors (Lipinski definition) is 5. The van der Waals surface area contributed by atoms with Crippen molar-refractivity contribution >= 4 is 46.4 Å². The molecule has 3 rings (SSSR count). The van der Waals surface area contributed by atoms with Crippen molar-refractivity contribution in [3.05, 3.63) is 71.3 Å². The molecule has 7 nitrogen and oxygen atoms in total. The first-order valence-corrected chi connectivity index (χ1v) is 8.51. The van der Waals surface area contributed by atoms with Gasteiger partial charge >= 0.3 is 0 Å². The number of rotatable bonds is 5. The van der Waals surface area contributed by atoms with Crippen molar-refractivity contribution in [1.29, 1.82) is 0 Å². The lowest BCUT2D eigenvalue weighted by Crippen LogP contribution is -2.13. The number of hydrogen-bond donors (Lipinski definition) is 3. The van der Waals surface area contributed by atoms with Gasteiger partial charge in [0.15, 0.2) is 0 Å². The zero-order chi connectivity index (χ0) is 20.1. The molecular weight excluding hydrogens is 385 g/mol. The fourth-order valence-corrected chi connectivity index (χ4v) is 2.47. The Morgan fingerprint density at radius 1 is 0.964 bits per heavy atom. The first-order chi connectivity index (χ1) is 13.4. The number of halogens is 2. The molecule has 1 heterocycles. The summed E-state index contributed by atoms with van der Waals surface area (Å²) in [6, 6.07) is 10.9. The Hall–Kier alpha value is -3.52. The molecule has 2 amide bonds. The molecular formula is C19H15ClFN5O2. The van der Waals surface area contributed by atoms with Crippen molar-refractivity contribution in [3.8, 4) is 0 Å². The number of carbonyl (C=O) groups excluding carboxylic acids is 2. The van der Waals surface area contributed by atoms with E-state index in [1.165, 1.54) is 31.5 Å². The molecule has 2 aromatic carbocycles. The lowest BCUT2D eigenvalue weighted by molar-refractivity contribution is -0.114. The second-order valence-corrected chi connectivity index (χ2v) is 6.17. The van der Waals surface area contributed by atoms with Gasteiger partial charge in [0.05, 0.1) is 10.6 Å². The van der Waals surface area contributed by atoms with E-state index >= 15 is 0 Å². The Bertz CT molecular complexity index is 1030. The summed E-state index contributed by atoms with van der Waals surface area (Å²) in [6.07, 6.45) is 2.71. The highest BCUT2D eigenvalue weighted by atomic mass is 35.5. The number of benzene rings is 2. The minimum atomic E-state index is -0.569. The normalized spacial score (nSPS) is 10.2. The van der Waals surface area contributed by atoms with Crippen LogP contribution in [0.25, 0.3) is 0 Å². The number of amides is 2. The van der Waals surface area contributed by atoms with Crippen LogP contribution in [0.2, 0.25) is 5.02 Å². The van der Waals surface area contributed by atoms with E-state index in [9.17, 15) is 14.0 Å². The third kappa shape index (κ3) is 5.01. The van der Waals surface area contributed by atoms with Crippen molar-refractivity contribution in [3.63, 3.8) is 0 Å². The lowest BCUT2D eigenvalue weighted by Gasteiger charge is -2.08. The standard InChI is InChI=1S/C19H15ClFN5O2/c1-11(27)24-13-3-2-4-14(7-13)26-19-22-9-12(10-23-19)18(28)25-15-5-6-17(21)16(20)8-15/h2-10H,1H3,(H,24,27)(H,25,28)(H,22,23,26). The zero-order valence-electron chi connectivity index (χ0n) is 14.7. The molecule has 28 heavy (non-hydrogen) atoms. The van der Waals surface area contributed by atoms with E-state index < -0.39 is 11.7 Å². The first-order valence-electron chi connectivity index (χ1n) is 8.14. The molecule has 1 aromatic heterocycles. The molecule has 0 radical (unpaired) electrons. The summed E-state index contributed by atoms with van der Waals surface area (Å²) in [5.74, 6) is -0.921. The average molecular weight is 400 g/mol. The first kappa shape index (κ1) is 19.2. The van der Waals surface area contributed by atoms with E-state index in [1.807, 2.05) is 0 Å². The highest BCUT2D eigenvalue weighted by Gasteiger charge is 2.09. The fourth-order valence-electron chi connectivity index (χ4n) is 2.29. The third-order valence-electron chi connectivity index (χ3n) is 3.53. The molecule has 3 aromatic rings. The molecule has 0 aliphatic carbocycles. The molecule has 0 atom stereocenters. The summed E-state index contributed by atoms with van der Waals surface area (Å²) in [4.78, 5) is 31.6. The molecule has 0 spiro atoms. The fraction of sp³-hybridized carbons (Fsp3) is 0.0526. The van der Waals surface area contributed by atoms with Gasteiger partial charge < -0.3 is 16.0 Å². The van der Waals surface area contributed by atoms with Gasteiger partial charge in [0.25, 0.3) is 5.91 Å². The third-order valence-corrected chi connectivity index (χ3v) is 3.82. The van der Waals surface area contributed by atoms with Gasteiger partial charge in [-0.3, -0.25) is 9.59 Å². The van der Waals surface area contributed by atoms with Gasteiger partial charge in [-0.25, -0.2) is 14.4 Å². The monoisotopic (exact) mass is 399 g/mol. The van der Waals surface area contributed by atoms with Crippen LogP contribution < -0.4 is 16.0 Å². The Labute approximate surface area is 165 Å². The van der Waals surface area contributed by atoms with Crippen LogP contribution in [0, 0.1) is 5.82 Å². The van der Waals surface area contributed by atoms with Crippen molar-refractivity contribution in [2.24, 2.45) is 0 Å². The Morgan fingerprint density at radius 2 is 1.64 bits per heavy atom. The Balaban J connectivity index is 1.66. The van der Waals surface area contributed by atoms with Crippen LogP contribution >= 0.6 is 11.6 Å². The van der Waals surface area contributed by atoms with E-state index in [1.54, 1.807) is 24.3 Å². The SMILES string of the molecule is CC(=O)Nc1cccc(Nc2ncc(C(=O)Nc3ccc(F)c(Cl)c3)cn2)c1. The summed E-state index contributed by atoms with van der Waals surface area (Å²) in [5.41, 5.74) is 1.88. The molecule has 3 N–H and O–H groups in total. The molecule has 0 aliphatic rings. The number of aromatic nitrogens is 2. The van der Waals surface area contributed by atoms with Gasteiger partial charge in [-0.1, -0.05) is 17.7 Å². The summed E-state index contributed by atoms with van der Waals surface area (Å²) >= 11 is 5.70. The van der Waals surface area contributed by atoms with Gasteiger partial charge in [-0.05, 0) is 36.4 Å². The molecule has 0 aliphatic heterocycles. The van der Waals surface area contributed by atoms with Crippen molar-refractivity contribution in [2.45, 2.75) is 6.92 Å². The van der Waals surface area contributed by atoms with Gasteiger partial charge in [0.2, 0.25) is 11.9 Å². The van der Waals surface area contributed by atoms with E-state index in [0.29, 0.717) is 17.1 Å². The number of nitrogens with one attached hydrogen (secondary N) is 3. The highest BCUT2D eigenvalue weighted by molar-refractivity contribution is 6.31. The van der Waals surface area contributed by atoms with Crippen LogP contribution in [0.4, 0.5) is 27.4 Å². The van der Waals surface area contributed by atoms with Gasteiger partial charge in [-0.2, -0.15) is 0 Å². The number of carbonyl (C=O) groups is 2. The largest absolute Gasteiger partial charge is 0.326 e. The summed E-state index contributed by atoms with van der Waals surface area (Å²) in [5, 5.41) is 8.17. The topological polar surface area (TPSA) is 96.0 Å². The predicted molar refractivity (Wildman–Crippen MR) is 105 cm³/mol. The molecule has 0 bridgehead atoms. The quantitative estimate of drug-likeness (QED) is 0.596. The van der Waals surface area contributed by atoms with Crippen molar-refractivity contribution in [1.82, 2.24) is 9.97 Å². The van der Waals surface area contributed by atoms with E-state index in [-0.39, 0.29) is 22.4 Å². The lowest BCUT2D eigenvalue weighted by atomic mass is 10.2. The van der Waals surface area contributed by atoms with Gasteiger partial charge in [0, 0.05) is 36.4 Å². The highest BCUT2D eigenvalue weighted by Crippen LogP contribution is 2.20. The van der Waals surface area contributed by atoms with Gasteiger partial charge in [0.1, 0.15) is 5.82 Å². The minimum Gasteiger partial charge on any atom is -0.326 e. The molecule has 0 saturated heterocycles. The maximum Gasteiger partial charge on any atom is 0.258 e. The average Bonchev–Trinajstić information content (AvgIpc) is 2.65. The van der Waals surface area contributed by atoms with Crippen LogP contribution in [0.5, 0.6) is 0 Å². The van der Waals surface area contributed by atoms with E-state index in [2.05, 4.69) is 25.9 Å². The molecule has 9 heteroatoms. The van der Waals surface area contributed by atoms with Crippen molar-refractivity contribution in [2.75, 3.05) is 16.0 Å². The van der Waals surface area contributed by atoms with Gasteiger partial charge in [-0.15, -0.1) is 0 Å². The van der Waals surface area contributed by atoms with E-state index in [4.69, 9.17) is 11.6 Å². The molecule has 0 saturated carbocycles. The number of nitrogens with zero attached hydrogens (tertiary/aromatic N) is 2. The smallest absolute Gasteiger partial charge is 0.258 e. The van der Waals surface area contributed by atoms with E-state index in [0.717, 1.165) is 6.07 Å². The van der Waals surface area contributed by atoms with Crippen LogP contribution in [-0.4, -0.2) is 21.8 Å². The van der Waals surface area contributed by atoms with Crippen LogP contribution in [-0.2, 0) is 4.79 Å².